The van der Waals surface area contributed by atoms with Crippen LogP contribution in [0.15, 0.2) is 46.1 Å². The van der Waals surface area contributed by atoms with Crippen LogP contribution >= 0.6 is 11.6 Å². The standard InChI is InChI=1S/C21H18ClFN8O4/c1-11-18(31(30-26-11)20-19(24)28-35-29-20)21(32)27-25-9-12-3-6-16(17(7-12)33-2)34-10-13-4-5-14(23)8-15(13)22/h3-9H,10H2,1-2H3,(H2,24,28)(H,27,32)/b25-9-. The SMILES string of the molecule is COc1cc(/C=N\NC(=O)c2c(C)nnn2-c2nonc2N)ccc1OCc1ccc(F)cc1Cl. The third-order valence-electron chi connectivity index (χ3n) is 4.72. The topological polar surface area (TPSA) is 156 Å². The summed E-state index contributed by atoms with van der Waals surface area (Å²) in [7, 11) is 1.48. The Bertz CT molecular complexity index is 1400. The van der Waals surface area contributed by atoms with E-state index in [2.05, 4.69) is 35.8 Å². The van der Waals surface area contributed by atoms with E-state index in [1.807, 2.05) is 0 Å². The lowest BCUT2D eigenvalue weighted by Gasteiger charge is -2.12. The number of anilines is 1. The normalized spacial score (nSPS) is 11.1. The second kappa shape index (κ2) is 10.2. The van der Waals surface area contributed by atoms with E-state index in [9.17, 15) is 9.18 Å². The number of nitrogen functional groups attached to an aromatic ring is 1. The van der Waals surface area contributed by atoms with Crippen molar-refractivity contribution in [1.29, 1.82) is 0 Å². The Morgan fingerprint density at radius 2 is 2.11 bits per heavy atom. The van der Waals surface area contributed by atoms with Crippen molar-refractivity contribution in [2.75, 3.05) is 12.8 Å². The Hall–Kier alpha value is -4.52. The maximum atomic E-state index is 13.2. The molecule has 0 fully saturated rings. The van der Waals surface area contributed by atoms with Gasteiger partial charge in [0, 0.05) is 5.56 Å². The van der Waals surface area contributed by atoms with Gasteiger partial charge < -0.3 is 15.2 Å². The molecule has 0 bridgehead atoms. The monoisotopic (exact) mass is 500 g/mol. The van der Waals surface area contributed by atoms with Gasteiger partial charge in [0.1, 0.15) is 12.4 Å². The van der Waals surface area contributed by atoms with Crippen LogP contribution < -0.4 is 20.6 Å². The van der Waals surface area contributed by atoms with E-state index >= 15 is 0 Å². The summed E-state index contributed by atoms with van der Waals surface area (Å²) in [5, 5.41) is 19.0. The van der Waals surface area contributed by atoms with E-state index < -0.39 is 11.7 Å². The van der Waals surface area contributed by atoms with Crippen LogP contribution in [0.1, 0.15) is 27.3 Å². The highest BCUT2D eigenvalue weighted by atomic mass is 35.5. The van der Waals surface area contributed by atoms with E-state index in [4.69, 9.17) is 26.8 Å². The fraction of sp³-hybridized carbons (Fsp3) is 0.143. The molecule has 0 radical (unpaired) electrons. The predicted octanol–water partition coefficient (Wildman–Crippen LogP) is 2.68. The number of ether oxygens (including phenoxy) is 2. The van der Waals surface area contributed by atoms with Crippen molar-refractivity contribution in [2.24, 2.45) is 5.10 Å². The number of halogens is 2. The number of hydrogen-bond donors (Lipinski definition) is 2. The van der Waals surface area contributed by atoms with E-state index in [1.165, 1.54) is 25.5 Å². The number of rotatable bonds is 8. The third kappa shape index (κ3) is 5.19. The van der Waals surface area contributed by atoms with E-state index in [0.717, 1.165) is 4.68 Å². The summed E-state index contributed by atoms with van der Waals surface area (Å²) < 4.78 is 30.0. The molecule has 12 nitrogen and oxygen atoms in total. The highest BCUT2D eigenvalue weighted by Crippen LogP contribution is 2.29. The lowest BCUT2D eigenvalue weighted by molar-refractivity contribution is 0.0946. The van der Waals surface area contributed by atoms with Crippen molar-refractivity contribution in [3.8, 4) is 17.3 Å². The van der Waals surface area contributed by atoms with Gasteiger partial charge in [0.2, 0.25) is 11.6 Å². The zero-order valence-corrected chi connectivity index (χ0v) is 19.2. The first-order valence-corrected chi connectivity index (χ1v) is 10.3. The van der Waals surface area contributed by atoms with E-state index in [-0.39, 0.29) is 29.0 Å². The molecule has 0 aliphatic rings. The average molecular weight is 501 g/mol. The molecule has 3 N–H and O–H groups in total. The number of hydrogen-bond acceptors (Lipinski definition) is 10. The Morgan fingerprint density at radius 3 is 2.83 bits per heavy atom. The zero-order valence-electron chi connectivity index (χ0n) is 18.4. The van der Waals surface area contributed by atoms with Gasteiger partial charge in [-0.15, -0.1) is 5.10 Å². The lowest BCUT2D eigenvalue weighted by atomic mass is 10.2. The molecule has 0 atom stereocenters. The van der Waals surface area contributed by atoms with Gasteiger partial charge in [-0.2, -0.15) is 9.78 Å². The number of carbonyl (C=O) groups excluding carboxylic acids is 1. The van der Waals surface area contributed by atoms with Crippen LogP contribution in [0.5, 0.6) is 11.5 Å². The molecule has 0 aliphatic carbocycles. The minimum absolute atomic E-state index is 0.0296. The Balaban J connectivity index is 1.44. The second-order valence-electron chi connectivity index (χ2n) is 7.04. The molecular formula is C21H18ClFN8O4. The minimum Gasteiger partial charge on any atom is -0.493 e. The van der Waals surface area contributed by atoms with Crippen LogP contribution in [-0.2, 0) is 6.61 Å². The van der Waals surface area contributed by atoms with E-state index in [1.54, 1.807) is 31.2 Å². The smallest absolute Gasteiger partial charge is 0.292 e. The van der Waals surface area contributed by atoms with Crippen LogP contribution in [0.25, 0.3) is 5.82 Å². The van der Waals surface area contributed by atoms with Crippen molar-refractivity contribution in [3.63, 3.8) is 0 Å². The zero-order chi connectivity index (χ0) is 24.9. The fourth-order valence-electron chi connectivity index (χ4n) is 3.00. The van der Waals surface area contributed by atoms with Gasteiger partial charge in [0.25, 0.3) is 5.91 Å². The molecule has 0 spiro atoms. The molecule has 2 aromatic heterocycles. The number of nitrogens with two attached hydrogens (primary N) is 1. The Kier molecular flexibility index (Phi) is 6.87. The molecule has 0 saturated carbocycles. The molecule has 4 rings (SSSR count). The molecule has 0 saturated heterocycles. The summed E-state index contributed by atoms with van der Waals surface area (Å²) in [5.41, 5.74) is 9.69. The quantitative estimate of drug-likeness (QED) is 0.274. The number of aromatic nitrogens is 5. The van der Waals surface area contributed by atoms with Crippen LogP contribution in [0.3, 0.4) is 0 Å². The maximum Gasteiger partial charge on any atom is 0.292 e. The highest BCUT2D eigenvalue weighted by molar-refractivity contribution is 6.31. The summed E-state index contributed by atoms with van der Waals surface area (Å²) >= 11 is 6.04. The molecule has 2 aromatic carbocycles. The van der Waals surface area contributed by atoms with Crippen molar-refractivity contribution >= 4 is 29.5 Å². The van der Waals surface area contributed by atoms with Gasteiger partial charge in [-0.05, 0) is 53.1 Å². The molecule has 180 valence electrons. The third-order valence-corrected chi connectivity index (χ3v) is 5.07. The lowest BCUT2D eigenvalue weighted by Crippen LogP contribution is -2.22. The molecule has 4 aromatic rings. The molecule has 1 amide bonds. The van der Waals surface area contributed by atoms with Crippen LogP contribution in [-0.4, -0.2) is 44.5 Å². The van der Waals surface area contributed by atoms with Crippen molar-refractivity contribution in [3.05, 3.63) is 69.8 Å². The van der Waals surface area contributed by atoms with Gasteiger partial charge >= 0.3 is 0 Å². The summed E-state index contributed by atoms with van der Waals surface area (Å²) in [6.45, 7) is 1.71. The van der Waals surface area contributed by atoms with Crippen LogP contribution in [0.2, 0.25) is 5.02 Å². The first-order valence-electron chi connectivity index (χ1n) is 9.96. The molecular weight excluding hydrogens is 483 g/mol. The highest BCUT2D eigenvalue weighted by Gasteiger charge is 2.22. The molecule has 2 heterocycles. The fourth-order valence-corrected chi connectivity index (χ4v) is 3.22. The first-order chi connectivity index (χ1) is 16.9. The predicted molar refractivity (Wildman–Crippen MR) is 122 cm³/mol. The number of methoxy groups -OCH3 is 1. The van der Waals surface area contributed by atoms with Gasteiger partial charge in [-0.1, -0.05) is 22.9 Å². The first kappa shape index (κ1) is 23.6. The Labute approximate surface area is 202 Å². The van der Waals surface area contributed by atoms with Gasteiger partial charge in [-0.25, -0.2) is 14.4 Å². The molecule has 14 heteroatoms. The van der Waals surface area contributed by atoms with Crippen molar-refractivity contribution < 1.29 is 23.3 Å². The molecule has 0 aliphatic heterocycles. The number of amides is 1. The van der Waals surface area contributed by atoms with Crippen molar-refractivity contribution in [2.45, 2.75) is 13.5 Å². The summed E-state index contributed by atoms with van der Waals surface area (Å²) in [6.07, 6.45) is 1.41. The average Bonchev–Trinajstić information content (AvgIpc) is 3.43. The number of nitrogens with zero attached hydrogens (tertiary/aromatic N) is 6. The summed E-state index contributed by atoms with van der Waals surface area (Å²) in [5.74, 6) is -0.189. The minimum atomic E-state index is -0.603. The number of aryl methyl sites for hydroxylation is 1. The number of carbonyl (C=O) groups is 1. The van der Waals surface area contributed by atoms with Crippen LogP contribution in [0.4, 0.5) is 10.2 Å². The van der Waals surface area contributed by atoms with E-state index in [0.29, 0.717) is 28.3 Å². The largest absolute Gasteiger partial charge is 0.493 e. The molecule has 35 heavy (non-hydrogen) atoms. The van der Waals surface area contributed by atoms with Crippen molar-refractivity contribution in [1.82, 2.24) is 30.7 Å². The van der Waals surface area contributed by atoms with Gasteiger partial charge in [-0.3, -0.25) is 4.79 Å². The van der Waals surface area contributed by atoms with Gasteiger partial charge in [0.15, 0.2) is 17.2 Å². The number of hydrazone groups is 1. The van der Waals surface area contributed by atoms with Gasteiger partial charge in [0.05, 0.1) is 24.0 Å². The summed E-state index contributed by atoms with van der Waals surface area (Å²) in [6, 6.07) is 9.10. The molecule has 0 unspecified atom stereocenters. The summed E-state index contributed by atoms with van der Waals surface area (Å²) in [4.78, 5) is 12.7. The number of benzene rings is 2. The number of nitrogens with one attached hydrogen (secondary N) is 1. The maximum absolute atomic E-state index is 13.2. The Morgan fingerprint density at radius 1 is 1.29 bits per heavy atom. The second-order valence-corrected chi connectivity index (χ2v) is 7.45. The van der Waals surface area contributed by atoms with Crippen LogP contribution in [0, 0.1) is 12.7 Å².